The quantitative estimate of drug-likeness (QED) is 0.0173. The lowest BCUT2D eigenvalue weighted by molar-refractivity contribution is 0.0991. The van der Waals surface area contributed by atoms with Crippen molar-refractivity contribution in [3.8, 4) is 68.8 Å². The molecule has 0 aliphatic rings. The van der Waals surface area contributed by atoms with Crippen molar-refractivity contribution in [3.63, 3.8) is 0 Å². The van der Waals surface area contributed by atoms with Crippen LogP contribution in [0.15, 0.2) is 330 Å². The van der Waals surface area contributed by atoms with E-state index in [0.29, 0.717) is 143 Å². The summed E-state index contributed by atoms with van der Waals surface area (Å²) in [7, 11) is 6.18. The molecule has 0 spiro atoms. The lowest BCUT2D eigenvalue weighted by Crippen LogP contribution is -2.13. The van der Waals surface area contributed by atoms with Gasteiger partial charge in [0.1, 0.15) is 84.8 Å². The maximum absolute atomic E-state index is 12.8. The van der Waals surface area contributed by atoms with Crippen LogP contribution < -0.4 is 103 Å². The Balaban J connectivity index is 0.000000165. The summed E-state index contributed by atoms with van der Waals surface area (Å²) in [5, 5.41) is 14.2. The van der Waals surface area contributed by atoms with E-state index >= 15 is 0 Å². The summed E-state index contributed by atoms with van der Waals surface area (Å²) in [6.07, 6.45) is 25.0. The molecule has 0 fully saturated rings. The van der Waals surface area contributed by atoms with Gasteiger partial charge in [-0.1, -0.05) is 54.6 Å². The number of methoxy groups -OCH3 is 4. The number of nitrogens with two attached hydrogens (primary N) is 5. The second-order valence-corrected chi connectivity index (χ2v) is 31.3. The molecule has 0 saturated heterocycles. The number of carbonyl (C=O) groups is 10. The van der Waals surface area contributed by atoms with Crippen molar-refractivity contribution in [2.45, 2.75) is 46.9 Å². The minimum atomic E-state index is -0.594. The van der Waals surface area contributed by atoms with Gasteiger partial charge in [-0.2, -0.15) is 0 Å². The minimum absolute atomic E-state index is 0.126. The predicted octanol–water partition coefficient (Wildman–Crippen LogP) is 15.0. The Morgan fingerprint density at radius 1 is 0.264 bits per heavy atom. The molecule has 39 nitrogen and oxygen atoms in total. The van der Waals surface area contributed by atoms with Gasteiger partial charge >= 0.3 is 0 Å². The van der Waals surface area contributed by atoms with Crippen LogP contribution in [0.1, 0.15) is 144 Å². The Morgan fingerprint density at radius 2 is 0.581 bits per heavy atom. The highest BCUT2D eigenvalue weighted by Gasteiger charge is 2.20. The number of benzene rings is 7. The van der Waals surface area contributed by atoms with Crippen LogP contribution in [0.5, 0.6) is 57.6 Å². The molecule has 0 saturated carbocycles. The average molecular weight is 2000 g/mol. The SMILES string of the molecule is CCOc1ccc(C(=O)Nc2ccc(OC)c(COc3cncc(C(N)=O)c3)c2)cn1.COc1ccc(NC(=O)c2ccc(-c3ccccc3)cc2)cc1COc1cncc(C(N)=O)c1.COc1ccc(NC(=O)c2cccnc2)cc1COc1cncc(C(N)=O)c1.COc1ccc(NC(=O)c2ccncc2)cc1COc1cncc(C(N)=O)c1.Cc1ccc(COc2cncc(C(N)=O)c2)cc1NC(=O)c1cccnc1. The maximum atomic E-state index is 12.8. The van der Waals surface area contributed by atoms with Crippen molar-refractivity contribution in [1.82, 2.24) is 44.9 Å². The first-order valence-corrected chi connectivity index (χ1v) is 44.9. The smallest absolute Gasteiger partial charge is 0.257 e. The zero-order valence-electron chi connectivity index (χ0n) is 80.5. The van der Waals surface area contributed by atoms with Crippen LogP contribution in [0, 0.1) is 6.92 Å². The molecule has 16 aromatic rings. The first-order valence-electron chi connectivity index (χ1n) is 44.9. The van der Waals surface area contributed by atoms with Gasteiger partial charge < -0.3 is 103 Å². The molecule has 0 aliphatic heterocycles. The van der Waals surface area contributed by atoms with Crippen LogP contribution in [-0.2, 0) is 33.0 Å². The number of carbonyl (C=O) groups excluding carboxylic acids is 10. The predicted molar refractivity (Wildman–Crippen MR) is 548 cm³/mol. The number of pyridine rings is 9. The van der Waals surface area contributed by atoms with E-state index in [1.807, 2.05) is 74.5 Å². The number of amides is 10. The third-order valence-electron chi connectivity index (χ3n) is 21.0. The van der Waals surface area contributed by atoms with Gasteiger partial charge in [0.2, 0.25) is 35.4 Å². The third-order valence-corrected chi connectivity index (χ3v) is 21.0. The maximum Gasteiger partial charge on any atom is 0.257 e. The number of hydrogen-bond donors (Lipinski definition) is 10. The lowest BCUT2D eigenvalue weighted by atomic mass is 10.0. The summed E-state index contributed by atoms with van der Waals surface area (Å²) in [6.45, 7) is 5.07. The largest absolute Gasteiger partial charge is 0.496 e. The number of hydrogen-bond acceptors (Lipinski definition) is 29. The summed E-state index contributed by atoms with van der Waals surface area (Å²) in [5.74, 6) is 0.614. The summed E-state index contributed by atoms with van der Waals surface area (Å²) in [5.41, 5.74) is 39.7. The number of aryl methyl sites for hydroxylation is 1. The van der Waals surface area contributed by atoms with Crippen molar-refractivity contribution in [2.24, 2.45) is 28.7 Å². The Labute approximate surface area is 848 Å². The van der Waals surface area contributed by atoms with E-state index in [4.69, 9.17) is 76.0 Å². The summed E-state index contributed by atoms with van der Waals surface area (Å²) < 4.78 is 55.3. The Morgan fingerprint density at radius 3 is 0.905 bits per heavy atom. The number of nitrogens with one attached hydrogen (secondary N) is 5. The fourth-order valence-corrected chi connectivity index (χ4v) is 13.4. The fourth-order valence-electron chi connectivity index (χ4n) is 13.4. The molecule has 9 heterocycles. The standard InChI is InChI=1S/C27H23N3O4.C22H22N4O5.2C20H18N4O4.C20H18N4O3/c1-33-25-12-11-23(13-22(25)17-34-24-14-21(26(28)31)15-29-16-24)30-27(32)20-9-7-19(8-10-20)18-5-3-2-4-6-18;1-3-30-20-7-4-14(11-25-20)22(28)26-17-5-6-19(29-2)16(8-17)13-31-18-9-15(21(23)27)10-24-12-18;1-27-18-3-2-16(24-20(26)13-4-6-22-7-5-13)8-15(18)12-28-17-9-14(19(21)25)10-23-11-17;1-27-18-5-4-16(24-20(26)13-3-2-6-22-9-13)7-15(18)12-28-17-8-14(19(21)25)10-23-11-17;1-13-4-5-14(12-27-17-8-16(19(21)25)10-23-11-17)7-18(13)24-20(26)15-3-2-6-22-9-15/h2-16H,17H2,1H3,(H2,28,31)(H,30,32);4-12H,3,13H2,1-2H3,(H2,23,27)(H,26,28);2*2-11H,12H2,1H3,(H2,21,25)(H,24,26);2-11H,12H2,1H3,(H2,21,25)(H,24,26). The van der Waals surface area contributed by atoms with Crippen LogP contribution in [0.4, 0.5) is 28.4 Å². The summed E-state index contributed by atoms with van der Waals surface area (Å²) >= 11 is 0. The van der Waals surface area contributed by atoms with Crippen LogP contribution in [-0.4, -0.2) is 139 Å². The van der Waals surface area contributed by atoms with Gasteiger partial charge in [-0.05, 0) is 200 Å². The van der Waals surface area contributed by atoms with Gasteiger partial charge in [0.15, 0.2) is 0 Å². The zero-order chi connectivity index (χ0) is 105. The van der Waals surface area contributed by atoms with Crippen LogP contribution in [0.3, 0.4) is 0 Å². The van der Waals surface area contributed by atoms with Crippen molar-refractivity contribution in [2.75, 3.05) is 61.6 Å². The molecule has 39 heteroatoms. The molecular formula is C109H99N19O20. The van der Waals surface area contributed by atoms with Crippen LogP contribution >= 0.6 is 0 Å². The van der Waals surface area contributed by atoms with E-state index in [1.54, 1.807) is 180 Å². The fraction of sp³-hybridized carbons (Fsp3) is 0.110. The Kier molecular flexibility index (Phi) is 38.7. The van der Waals surface area contributed by atoms with Crippen LogP contribution in [0.2, 0.25) is 0 Å². The van der Waals surface area contributed by atoms with Gasteiger partial charge in [0.05, 0.1) is 111 Å². The highest BCUT2D eigenvalue weighted by atomic mass is 16.5. The molecule has 7 aromatic carbocycles. The van der Waals surface area contributed by atoms with Crippen molar-refractivity contribution in [1.29, 1.82) is 0 Å². The summed E-state index contributed by atoms with van der Waals surface area (Å²) in [4.78, 5) is 154. The zero-order valence-corrected chi connectivity index (χ0v) is 80.5. The second-order valence-electron chi connectivity index (χ2n) is 31.3. The van der Waals surface area contributed by atoms with Gasteiger partial charge in [0.25, 0.3) is 29.5 Å². The molecule has 0 unspecified atom stereocenters. The van der Waals surface area contributed by atoms with E-state index < -0.39 is 29.5 Å². The number of primary amides is 5. The Bertz CT molecular complexity index is 7170. The van der Waals surface area contributed by atoms with E-state index in [2.05, 4.69) is 71.4 Å². The van der Waals surface area contributed by atoms with Gasteiger partial charge in [0, 0.05) is 142 Å². The molecule has 16 rings (SSSR count). The highest BCUT2D eigenvalue weighted by molar-refractivity contribution is 6.07. The van der Waals surface area contributed by atoms with Crippen molar-refractivity contribution in [3.05, 3.63) is 419 Å². The summed E-state index contributed by atoms with van der Waals surface area (Å²) in [6, 6.07) is 64.8. The molecule has 0 aliphatic carbocycles. The third kappa shape index (κ3) is 32.1. The minimum Gasteiger partial charge on any atom is -0.496 e. The number of anilines is 5. The first kappa shape index (κ1) is 106. The van der Waals surface area contributed by atoms with Crippen molar-refractivity contribution < 1.29 is 95.3 Å². The van der Waals surface area contributed by atoms with Crippen LogP contribution in [0.25, 0.3) is 11.1 Å². The molecule has 0 bridgehead atoms. The van der Waals surface area contributed by atoms with Gasteiger partial charge in [-0.25, -0.2) is 4.98 Å². The number of nitrogens with zero attached hydrogens (tertiary/aromatic N) is 9. The molecule has 0 atom stereocenters. The normalized spacial score (nSPS) is 10.3. The molecule has 148 heavy (non-hydrogen) atoms. The molecule has 10 amide bonds. The van der Waals surface area contributed by atoms with Gasteiger partial charge in [-0.3, -0.25) is 87.8 Å². The molecule has 750 valence electrons. The molecule has 15 N–H and O–H groups in total. The molecular weight excluding hydrogens is 1900 g/mol. The number of ether oxygens (including phenoxy) is 10. The topological polar surface area (TPSA) is 569 Å². The molecule has 9 aromatic heterocycles. The number of aromatic nitrogens is 9. The molecule has 0 radical (unpaired) electrons. The Hall–Kier alpha value is -20.4. The average Bonchev–Trinajstić information content (AvgIpc) is 0.843. The lowest BCUT2D eigenvalue weighted by Gasteiger charge is -2.13. The second kappa shape index (κ2) is 53.8. The van der Waals surface area contributed by atoms with Crippen molar-refractivity contribution >= 4 is 87.5 Å². The number of rotatable bonds is 37. The highest BCUT2D eigenvalue weighted by Crippen LogP contribution is 2.32. The van der Waals surface area contributed by atoms with E-state index in [-0.39, 0.29) is 90.4 Å². The van der Waals surface area contributed by atoms with E-state index in [9.17, 15) is 47.9 Å². The van der Waals surface area contributed by atoms with E-state index in [1.165, 1.54) is 118 Å². The van der Waals surface area contributed by atoms with E-state index in [0.717, 1.165) is 22.3 Å². The first-order chi connectivity index (χ1) is 71.7. The monoisotopic (exact) mass is 1990 g/mol. The van der Waals surface area contributed by atoms with Gasteiger partial charge in [-0.15, -0.1) is 0 Å².